The molecule has 0 aromatic carbocycles. The largest absolute Gasteiger partial charge is 0.480 e. The van der Waals surface area contributed by atoms with Crippen LogP contribution in [0.4, 0.5) is 0 Å². The number of carbonyl (C=O) groups is 1. The number of hydrogen-bond acceptors (Lipinski definition) is 3. The monoisotopic (exact) mass is 256 g/mol. The van der Waals surface area contributed by atoms with Gasteiger partial charge in [-0.3, -0.25) is 9.69 Å². The van der Waals surface area contributed by atoms with Crippen LogP contribution < -0.4 is 5.73 Å². The van der Waals surface area contributed by atoms with E-state index in [1.807, 2.05) is 0 Å². The van der Waals surface area contributed by atoms with E-state index in [1.165, 1.54) is 12.8 Å². The Hall–Kier alpha value is -0.610. The predicted molar refractivity (Wildman–Crippen MR) is 73.6 cm³/mol. The van der Waals surface area contributed by atoms with Gasteiger partial charge in [0.05, 0.1) is 0 Å². The molecule has 1 rings (SSSR count). The maximum absolute atomic E-state index is 11.2. The molecule has 1 aliphatic rings. The Morgan fingerprint density at radius 2 is 2.22 bits per heavy atom. The van der Waals surface area contributed by atoms with E-state index in [0.717, 1.165) is 19.4 Å². The molecule has 0 bridgehead atoms. The molecule has 3 N–H and O–H groups in total. The fraction of sp³-hybridized carbons (Fsp3) is 0.929. The highest BCUT2D eigenvalue weighted by atomic mass is 16.4. The Labute approximate surface area is 111 Å². The van der Waals surface area contributed by atoms with Gasteiger partial charge in [0.2, 0.25) is 0 Å². The average Bonchev–Trinajstić information content (AvgIpc) is 2.73. The Kier molecular flexibility index (Phi) is 5.60. The first-order chi connectivity index (χ1) is 8.44. The van der Waals surface area contributed by atoms with Gasteiger partial charge in [0.15, 0.2) is 0 Å². The summed E-state index contributed by atoms with van der Waals surface area (Å²) in [7, 11) is 0. The first-order valence-corrected chi connectivity index (χ1v) is 7.22. The zero-order valence-corrected chi connectivity index (χ0v) is 12.0. The van der Waals surface area contributed by atoms with Crippen molar-refractivity contribution in [1.82, 2.24) is 4.90 Å². The van der Waals surface area contributed by atoms with E-state index in [2.05, 4.69) is 25.7 Å². The molecule has 0 aromatic heterocycles. The van der Waals surface area contributed by atoms with E-state index in [9.17, 15) is 9.90 Å². The second kappa shape index (κ2) is 6.53. The Bertz CT molecular complexity index is 283. The highest BCUT2D eigenvalue weighted by Gasteiger charge is 2.44. The van der Waals surface area contributed by atoms with Crippen molar-refractivity contribution in [3.8, 4) is 0 Å². The first-order valence-electron chi connectivity index (χ1n) is 7.22. The molecule has 0 aliphatic heterocycles. The fourth-order valence-corrected chi connectivity index (χ4v) is 2.86. The van der Waals surface area contributed by atoms with Gasteiger partial charge in [-0.2, -0.15) is 0 Å². The maximum atomic E-state index is 11.2. The van der Waals surface area contributed by atoms with Crippen LogP contribution >= 0.6 is 0 Å². The van der Waals surface area contributed by atoms with Gasteiger partial charge in [-0.15, -0.1) is 0 Å². The molecule has 106 valence electrons. The molecule has 1 fully saturated rings. The molecule has 0 amide bonds. The average molecular weight is 256 g/mol. The molecular weight excluding hydrogens is 228 g/mol. The summed E-state index contributed by atoms with van der Waals surface area (Å²) in [5, 5.41) is 9.20. The number of rotatable bonds is 7. The highest BCUT2D eigenvalue weighted by Crippen LogP contribution is 2.33. The molecule has 0 radical (unpaired) electrons. The van der Waals surface area contributed by atoms with Crippen LogP contribution in [0.25, 0.3) is 0 Å². The SMILES string of the molecule is CCCCN(C(C)CC)C1CCC(N)(C(=O)O)C1. The van der Waals surface area contributed by atoms with E-state index in [1.54, 1.807) is 0 Å². The minimum absolute atomic E-state index is 0.340. The van der Waals surface area contributed by atoms with Crippen LogP contribution in [-0.4, -0.2) is 40.1 Å². The van der Waals surface area contributed by atoms with E-state index < -0.39 is 11.5 Å². The summed E-state index contributed by atoms with van der Waals surface area (Å²) >= 11 is 0. The predicted octanol–water partition coefficient (Wildman–Crippen LogP) is 2.22. The van der Waals surface area contributed by atoms with Gasteiger partial charge in [0.1, 0.15) is 5.54 Å². The summed E-state index contributed by atoms with van der Waals surface area (Å²) in [6, 6.07) is 0.852. The normalized spacial score (nSPS) is 29.7. The minimum Gasteiger partial charge on any atom is -0.480 e. The van der Waals surface area contributed by atoms with E-state index in [0.29, 0.717) is 24.9 Å². The number of unbranched alkanes of at least 4 members (excludes halogenated alkanes) is 1. The summed E-state index contributed by atoms with van der Waals surface area (Å²) < 4.78 is 0. The third-order valence-corrected chi connectivity index (χ3v) is 4.35. The van der Waals surface area contributed by atoms with Gasteiger partial charge in [-0.25, -0.2) is 0 Å². The van der Waals surface area contributed by atoms with Crippen LogP contribution in [0, 0.1) is 0 Å². The van der Waals surface area contributed by atoms with E-state index in [4.69, 9.17) is 5.73 Å². The van der Waals surface area contributed by atoms with Gasteiger partial charge >= 0.3 is 5.97 Å². The molecule has 1 saturated carbocycles. The molecule has 1 aliphatic carbocycles. The lowest BCUT2D eigenvalue weighted by Crippen LogP contribution is -2.48. The third-order valence-electron chi connectivity index (χ3n) is 4.35. The molecule has 18 heavy (non-hydrogen) atoms. The van der Waals surface area contributed by atoms with Gasteiger partial charge in [0.25, 0.3) is 0 Å². The van der Waals surface area contributed by atoms with Crippen molar-refractivity contribution in [2.45, 2.75) is 76.9 Å². The van der Waals surface area contributed by atoms with Crippen molar-refractivity contribution in [2.24, 2.45) is 5.73 Å². The third kappa shape index (κ3) is 3.45. The quantitative estimate of drug-likeness (QED) is 0.733. The van der Waals surface area contributed by atoms with Crippen LogP contribution in [0.3, 0.4) is 0 Å². The van der Waals surface area contributed by atoms with E-state index >= 15 is 0 Å². The van der Waals surface area contributed by atoms with Gasteiger partial charge in [-0.05, 0) is 45.6 Å². The summed E-state index contributed by atoms with van der Waals surface area (Å²) in [4.78, 5) is 13.7. The van der Waals surface area contributed by atoms with Crippen LogP contribution in [0.2, 0.25) is 0 Å². The Morgan fingerprint density at radius 1 is 1.56 bits per heavy atom. The molecule has 3 atom stereocenters. The molecule has 4 nitrogen and oxygen atoms in total. The lowest BCUT2D eigenvalue weighted by molar-refractivity contribution is -0.143. The summed E-state index contributed by atoms with van der Waals surface area (Å²) in [6.45, 7) is 7.66. The zero-order chi connectivity index (χ0) is 13.8. The van der Waals surface area contributed by atoms with Crippen molar-refractivity contribution in [3.05, 3.63) is 0 Å². The van der Waals surface area contributed by atoms with Crippen molar-refractivity contribution < 1.29 is 9.90 Å². The number of hydrogen-bond donors (Lipinski definition) is 2. The Balaban J connectivity index is 2.67. The van der Waals surface area contributed by atoms with Crippen molar-refractivity contribution in [1.29, 1.82) is 0 Å². The smallest absolute Gasteiger partial charge is 0.323 e. The van der Waals surface area contributed by atoms with Crippen LogP contribution in [0.15, 0.2) is 0 Å². The van der Waals surface area contributed by atoms with Crippen LogP contribution in [-0.2, 0) is 4.79 Å². The van der Waals surface area contributed by atoms with Gasteiger partial charge in [-0.1, -0.05) is 20.3 Å². The van der Waals surface area contributed by atoms with Gasteiger partial charge < -0.3 is 10.8 Å². The highest BCUT2D eigenvalue weighted by molar-refractivity contribution is 5.79. The maximum Gasteiger partial charge on any atom is 0.323 e. The molecular formula is C14H28N2O2. The lowest BCUT2D eigenvalue weighted by Gasteiger charge is -2.34. The molecule has 0 spiro atoms. The first kappa shape index (κ1) is 15.4. The number of aliphatic carboxylic acids is 1. The van der Waals surface area contributed by atoms with Crippen molar-refractivity contribution >= 4 is 5.97 Å². The number of nitrogens with two attached hydrogens (primary N) is 1. The second-order valence-corrected chi connectivity index (χ2v) is 5.71. The summed E-state index contributed by atoms with van der Waals surface area (Å²) in [5.74, 6) is -0.843. The molecule has 0 saturated heterocycles. The lowest BCUT2D eigenvalue weighted by atomic mass is 9.98. The number of nitrogens with zero attached hydrogens (tertiary/aromatic N) is 1. The van der Waals surface area contributed by atoms with E-state index in [-0.39, 0.29) is 0 Å². The second-order valence-electron chi connectivity index (χ2n) is 5.71. The molecule has 0 heterocycles. The van der Waals surface area contributed by atoms with Crippen LogP contribution in [0.5, 0.6) is 0 Å². The minimum atomic E-state index is -0.997. The zero-order valence-electron chi connectivity index (χ0n) is 12.0. The molecule has 0 aromatic rings. The topological polar surface area (TPSA) is 66.6 Å². The van der Waals surface area contributed by atoms with Crippen LogP contribution in [0.1, 0.15) is 59.3 Å². The Morgan fingerprint density at radius 3 is 2.67 bits per heavy atom. The van der Waals surface area contributed by atoms with Gasteiger partial charge in [0, 0.05) is 12.1 Å². The fourth-order valence-electron chi connectivity index (χ4n) is 2.86. The number of carboxylic acids is 1. The standard InChI is InChI=1S/C14H28N2O2/c1-4-6-9-16(11(3)5-2)12-7-8-14(15,10-12)13(17)18/h11-12H,4-10,15H2,1-3H3,(H,17,18). The van der Waals surface area contributed by atoms with Crippen molar-refractivity contribution in [3.63, 3.8) is 0 Å². The molecule has 3 unspecified atom stereocenters. The molecule has 4 heteroatoms. The number of carboxylic acid groups (broad SMARTS) is 1. The summed E-state index contributed by atoms with van der Waals surface area (Å²) in [6.07, 6.45) is 5.56. The summed E-state index contributed by atoms with van der Waals surface area (Å²) in [5.41, 5.74) is 4.98. The van der Waals surface area contributed by atoms with Crippen molar-refractivity contribution in [2.75, 3.05) is 6.54 Å².